The molecule has 3 aromatic carbocycles. The number of ether oxygens (including phenoxy) is 4. The van der Waals surface area contributed by atoms with Crippen molar-refractivity contribution in [1.29, 1.82) is 0 Å². The molecule has 41 heavy (non-hydrogen) atoms. The number of aromatic nitrogens is 1. The number of hydrogen-bond acceptors (Lipinski definition) is 8. The Hall–Kier alpha value is -4.63. The van der Waals surface area contributed by atoms with Gasteiger partial charge in [-0.05, 0) is 55.8 Å². The molecule has 1 atom stereocenters. The van der Waals surface area contributed by atoms with Gasteiger partial charge < -0.3 is 18.9 Å². The Labute approximate surface area is 241 Å². The Morgan fingerprint density at radius 1 is 0.951 bits per heavy atom. The van der Waals surface area contributed by atoms with E-state index < -0.39 is 12.0 Å². The highest BCUT2D eigenvalue weighted by Gasteiger charge is 2.33. The van der Waals surface area contributed by atoms with Crippen molar-refractivity contribution in [2.45, 2.75) is 19.9 Å². The highest BCUT2D eigenvalue weighted by molar-refractivity contribution is 7.07. The highest BCUT2D eigenvalue weighted by Crippen LogP contribution is 2.31. The van der Waals surface area contributed by atoms with Gasteiger partial charge in [0.15, 0.2) is 4.80 Å². The predicted octanol–water partition coefficient (Wildman–Crippen LogP) is 4.26. The molecule has 1 aliphatic rings. The number of nitrogens with zero attached hydrogens (tertiary/aromatic N) is 2. The number of methoxy groups -OCH3 is 1. The Bertz CT molecular complexity index is 1740. The van der Waals surface area contributed by atoms with Crippen molar-refractivity contribution in [2.75, 3.05) is 26.9 Å². The second-order valence-corrected chi connectivity index (χ2v) is 10.1. The van der Waals surface area contributed by atoms with Crippen LogP contribution in [0.15, 0.2) is 99.9 Å². The molecule has 8 nitrogen and oxygen atoms in total. The number of allylic oxidation sites excluding steroid dienone is 1. The number of hydrogen-bond donors (Lipinski definition) is 0. The average molecular weight is 571 g/mol. The lowest BCUT2D eigenvalue weighted by molar-refractivity contribution is -0.139. The van der Waals surface area contributed by atoms with Crippen molar-refractivity contribution in [3.63, 3.8) is 0 Å². The number of thiazole rings is 1. The molecule has 4 aromatic rings. The van der Waals surface area contributed by atoms with E-state index in [1.54, 1.807) is 43.7 Å². The summed E-state index contributed by atoms with van der Waals surface area (Å²) in [4.78, 5) is 32.1. The van der Waals surface area contributed by atoms with Gasteiger partial charge in [0.2, 0.25) is 0 Å². The van der Waals surface area contributed by atoms with Crippen molar-refractivity contribution < 1.29 is 23.7 Å². The first-order chi connectivity index (χ1) is 20.0. The third-order valence-corrected chi connectivity index (χ3v) is 7.49. The van der Waals surface area contributed by atoms with E-state index in [-0.39, 0.29) is 12.2 Å². The van der Waals surface area contributed by atoms with Gasteiger partial charge >= 0.3 is 5.97 Å². The van der Waals surface area contributed by atoms with Crippen LogP contribution in [0.5, 0.6) is 17.2 Å². The van der Waals surface area contributed by atoms with Gasteiger partial charge in [-0.3, -0.25) is 9.36 Å². The molecule has 0 spiro atoms. The molecule has 0 fully saturated rings. The third-order valence-electron chi connectivity index (χ3n) is 6.51. The largest absolute Gasteiger partial charge is 0.497 e. The fraction of sp³-hybridized carbons (Fsp3) is 0.219. The molecule has 0 saturated heterocycles. The van der Waals surface area contributed by atoms with E-state index in [1.165, 1.54) is 11.3 Å². The summed E-state index contributed by atoms with van der Waals surface area (Å²) in [5.41, 5.74) is 2.08. The minimum absolute atomic E-state index is 0.211. The van der Waals surface area contributed by atoms with E-state index in [0.717, 1.165) is 16.9 Å². The number of rotatable bonds is 10. The van der Waals surface area contributed by atoms with Crippen LogP contribution in [0.2, 0.25) is 0 Å². The molecule has 0 amide bonds. The van der Waals surface area contributed by atoms with Crippen molar-refractivity contribution >= 4 is 23.4 Å². The molecule has 0 aliphatic carbocycles. The van der Waals surface area contributed by atoms with Crippen molar-refractivity contribution in [3.05, 3.63) is 121 Å². The van der Waals surface area contributed by atoms with Crippen LogP contribution >= 0.6 is 11.3 Å². The summed E-state index contributed by atoms with van der Waals surface area (Å²) in [5.74, 6) is 1.57. The lowest BCUT2D eigenvalue weighted by Crippen LogP contribution is -2.39. The zero-order valence-electron chi connectivity index (χ0n) is 23.0. The van der Waals surface area contributed by atoms with Crippen molar-refractivity contribution in [1.82, 2.24) is 4.57 Å². The van der Waals surface area contributed by atoms with E-state index in [2.05, 4.69) is 4.99 Å². The molecule has 1 unspecified atom stereocenters. The maximum atomic E-state index is 13.9. The quantitative estimate of drug-likeness (QED) is 0.209. The minimum atomic E-state index is -0.694. The van der Waals surface area contributed by atoms with Crippen LogP contribution in [0, 0.1) is 0 Å². The molecule has 0 N–H and O–H groups in total. The Balaban J connectivity index is 1.50. The minimum Gasteiger partial charge on any atom is -0.497 e. The number of para-hydroxylation sites is 2. The molecule has 1 aromatic heterocycles. The van der Waals surface area contributed by atoms with Crippen LogP contribution in [0.4, 0.5) is 0 Å². The molecule has 9 heteroatoms. The zero-order valence-corrected chi connectivity index (χ0v) is 23.9. The second kappa shape index (κ2) is 12.7. The molecular weight excluding hydrogens is 540 g/mol. The second-order valence-electron chi connectivity index (χ2n) is 9.12. The summed E-state index contributed by atoms with van der Waals surface area (Å²) in [7, 11) is 1.59. The van der Waals surface area contributed by atoms with Gasteiger partial charge in [-0.15, -0.1) is 0 Å². The van der Waals surface area contributed by atoms with Crippen LogP contribution in [-0.2, 0) is 9.53 Å². The Kier molecular flexibility index (Phi) is 8.64. The molecule has 210 valence electrons. The molecule has 5 rings (SSSR count). The maximum absolute atomic E-state index is 13.9. The number of esters is 1. The first-order valence-corrected chi connectivity index (χ1v) is 14.0. The summed E-state index contributed by atoms with van der Waals surface area (Å²) in [6, 6.07) is 23.7. The van der Waals surface area contributed by atoms with Gasteiger partial charge in [-0.25, -0.2) is 9.79 Å². The van der Waals surface area contributed by atoms with E-state index >= 15 is 0 Å². The van der Waals surface area contributed by atoms with Crippen molar-refractivity contribution in [3.8, 4) is 17.2 Å². The lowest BCUT2D eigenvalue weighted by atomic mass is 9.96. The molecule has 1 aliphatic heterocycles. The normalized spacial score (nSPS) is 14.7. The molecular formula is C32H30N2O6S. The first kappa shape index (κ1) is 27.9. The number of carbonyl (C=O) groups is 1. The number of carbonyl (C=O) groups excluding carboxylic acids is 1. The smallest absolute Gasteiger partial charge is 0.338 e. The van der Waals surface area contributed by atoms with Crippen LogP contribution in [0.3, 0.4) is 0 Å². The average Bonchev–Trinajstić information content (AvgIpc) is 3.30. The van der Waals surface area contributed by atoms with Crippen LogP contribution in [-0.4, -0.2) is 37.5 Å². The lowest BCUT2D eigenvalue weighted by Gasteiger charge is -2.24. The van der Waals surface area contributed by atoms with E-state index in [0.29, 0.717) is 45.3 Å². The molecule has 0 radical (unpaired) electrons. The topological polar surface area (TPSA) is 88.4 Å². The molecule has 0 bridgehead atoms. The fourth-order valence-electron chi connectivity index (χ4n) is 4.59. The fourth-order valence-corrected chi connectivity index (χ4v) is 5.63. The van der Waals surface area contributed by atoms with Crippen LogP contribution < -0.4 is 29.1 Å². The summed E-state index contributed by atoms with van der Waals surface area (Å²) in [6.07, 6.45) is 1.80. The third kappa shape index (κ3) is 6.10. The highest BCUT2D eigenvalue weighted by atomic mass is 32.1. The molecule has 0 saturated carbocycles. The van der Waals surface area contributed by atoms with E-state index in [1.807, 2.05) is 66.7 Å². The summed E-state index contributed by atoms with van der Waals surface area (Å²) >= 11 is 1.27. The zero-order chi connectivity index (χ0) is 28.8. The first-order valence-electron chi connectivity index (χ1n) is 13.2. The monoisotopic (exact) mass is 570 g/mol. The van der Waals surface area contributed by atoms with Crippen LogP contribution in [0.1, 0.15) is 31.0 Å². The predicted molar refractivity (Wildman–Crippen MR) is 157 cm³/mol. The van der Waals surface area contributed by atoms with E-state index in [9.17, 15) is 9.59 Å². The van der Waals surface area contributed by atoms with Gasteiger partial charge in [-0.2, -0.15) is 0 Å². The summed E-state index contributed by atoms with van der Waals surface area (Å²) in [5, 5.41) is 0. The Morgan fingerprint density at radius 3 is 2.39 bits per heavy atom. The summed E-state index contributed by atoms with van der Waals surface area (Å²) < 4.78 is 24.5. The van der Waals surface area contributed by atoms with Gasteiger partial charge in [0.1, 0.15) is 30.5 Å². The maximum Gasteiger partial charge on any atom is 0.338 e. The number of benzene rings is 3. The van der Waals surface area contributed by atoms with Gasteiger partial charge in [-0.1, -0.05) is 59.9 Å². The van der Waals surface area contributed by atoms with Crippen LogP contribution in [0.25, 0.3) is 6.08 Å². The van der Waals surface area contributed by atoms with Crippen molar-refractivity contribution in [2.24, 2.45) is 4.99 Å². The Morgan fingerprint density at radius 2 is 1.66 bits per heavy atom. The van der Waals surface area contributed by atoms with E-state index in [4.69, 9.17) is 18.9 Å². The SMILES string of the molecule is CCOC(=O)C1=C(C)N=c2s/c(=C/c3ccccc3OCCOc3ccccc3)c(=O)n2C1c1ccc(OC)cc1. The van der Waals surface area contributed by atoms with Gasteiger partial charge in [0.25, 0.3) is 5.56 Å². The molecule has 2 heterocycles. The van der Waals surface area contributed by atoms with Gasteiger partial charge in [0, 0.05) is 5.56 Å². The number of fused-ring (bicyclic) bond motifs is 1. The van der Waals surface area contributed by atoms with Gasteiger partial charge in [0.05, 0.1) is 35.6 Å². The standard InChI is InChI=1S/C32H30N2O6S/c1-4-38-31(36)28-21(2)33-32-34(29(28)22-14-16-24(37-3)17-15-22)30(35)27(41-32)20-23-10-8-9-13-26(23)40-19-18-39-25-11-6-5-7-12-25/h5-17,20,29H,4,18-19H2,1-3H3/b27-20+. The summed E-state index contributed by atoms with van der Waals surface area (Å²) in [6.45, 7) is 4.43.